The van der Waals surface area contributed by atoms with Crippen LogP contribution in [0, 0.1) is 0 Å². The summed E-state index contributed by atoms with van der Waals surface area (Å²) in [6.07, 6.45) is 14.9. The van der Waals surface area contributed by atoms with Gasteiger partial charge in [0.05, 0.1) is 13.2 Å². The molecule has 0 fully saturated rings. The molecule has 0 spiro atoms. The number of quaternary nitrogens is 1. The molecule has 32 heavy (non-hydrogen) atoms. The number of carbonyl (C=O) groups excluding carboxylic acids is 1. The Hall–Kier alpha value is -1.13. The van der Waals surface area contributed by atoms with Gasteiger partial charge in [-0.15, -0.1) is 0 Å². The van der Waals surface area contributed by atoms with Gasteiger partial charge in [-0.2, -0.15) is 8.42 Å². The highest BCUT2D eigenvalue weighted by atomic mass is 32.2. The average Bonchev–Trinajstić information content (AvgIpc) is 3.10. The van der Waals surface area contributed by atoms with E-state index in [1.54, 1.807) is 0 Å². The number of ketones is 1. The number of hydrogen-bond donors (Lipinski definition) is 3. The van der Waals surface area contributed by atoms with Gasteiger partial charge >= 0.3 is 0 Å². The van der Waals surface area contributed by atoms with E-state index < -0.39 is 22.0 Å². The third-order valence-electron chi connectivity index (χ3n) is 5.99. The monoisotopic (exact) mass is 475 g/mol. The summed E-state index contributed by atoms with van der Waals surface area (Å²) in [6.45, 7) is 2.78. The van der Waals surface area contributed by atoms with Crippen LogP contribution >= 0.6 is 0 Å². The highest BCUT2D eigenvalue weighted by Gasteiger charge is 2.43. The van der Waals surface area contributed by atoms with Crippen LogP contribution in [0.4, 0.5) is 0 Å². The zero-order valence-electron chi connectivity index (χ0n) is 19.6. The van der Waals surface area contributed by atoms with Crippen molar-refractivity contribution in [2.24, 2.45) is 4.99 Å². The van der Waals surface area contributed by atoms with Gasteiger partial charge in [0.15, 0.2) is 0 Å². The minimum absolute atomic E-state index is 0.0277. The number of nitrogens with zero attached hydrogens (tertiary/aromatic N) is 2. The number of allylic oxidation sites excluding steroid dienone is 2. The van der Waals surface area contributed by atoms with Gasteiger partial charge in [0.2, 0.25) is 5.78 Å². The van der Waals surface area contributed by atoms with E-state index in [-0.39, 0.29) is 30.0 Å². The number of hydrogen-bond acceptors (Lipinski definition) is 6. The molecule has 0 saturated heterocycles. The Morgan fingerprint density at radius 2 is 1.69 bits per heavy atom. The number of amidine groups is 1. The highest BCUT2D eigenvalue weighted by molar-refractivity contribution is 7.85. The Bertz CT molecular complexity index is 707. The quantitative estimate of drug-likeness (QED) is 0.114. The smallest absolute Gasteiger partial charge is 0.267 e. The molecule has 2 atom stereocenters. The topological polar surface area (TPSA) is 124 Å². The number of Topliss-reactive ketones (excluding diaryl/α,β-unsaturated/α-hetero) is 1. The van der Waals surface area contributed by atoms with Gasteiger partial charge in [0.25, 0.3) is 16.0 Å². The normalized spacial score (nSPS) is 20.1. The fraction of sp³-hybridized carbons (Fsp3) is 0.826. The van der Waals surface area contributed by atoms with Crippen molar-refractivity contribution >= 4 is 21.7 Å². The summed E-state index contributed by atoms with van der Waals surface area (Å²) in [5.74, 6) is -0.585. The maximum Gasteiger partial charge on any atom is 0.267 e. The molecular formula is C23H43N2O6S+. The summed E-state index contributed by atoms with van der Waals surface area (Å²) in [4.78, 5) is 17.1. The largest absolute Gasteiger partial charge is 0.390 e. The van der Waals surface area contributed by atoms with Crippen molar-refractivity contribution in [2.45, 2.75) is 83.7 Å². The minimum Gasteiger partial charge on any atom is -0.390 e. The van der Waals surface area contributed by atoms with Crippen LogP contribution < -0.4 is 0 Å². The minimum atomic E-state index is -4.33. The summed E-state index contributed by atoms with van der Waals surface area (Å²) in [5.41, 5.74) is 0. The van der Waals surface area contributed by atoms with Crippen LogP contribution in [0.3, 0.4) is 0 Å². The van der Waals surface area contributed by atoms with Crippen molar-refractivity contribution < 1.29 is 32.5 Å². The Morgan fingerprint density at radius 3 is 2.25 bits per heavy atom. The lowest BCUT2D eigenvalue weighted by Crippen LogP contribution is -2.59. The molecule has 3 N–H and O–H groups in total. The molecule has 0 aliphatic carbocycles. The second-order valence-electron chi connectivity index (χ2n) is 8.82. The summed E-state index contributed by atoms with van der Waals surface area (Å²) in [6, 6.07) is 0. The molecule has 0 aromatic carbocycles. The van der Waals surface area contributed by atoms with E-state index in [4.69, 9.17) is 4.55 Å². The Labute approximate surface area is 193 Å². The van der Waals surface area contributed by atoms with E-state index in [0.29, 0.717) is 25.3 Å². The summed E-state index contributed by atoms with van der Waals surface area (Å²) in [5, 5.41) is 19.6. The summed E-state index contributed by atoms with van der Waals surface area (Å²) < 4.78 is 31.1. The van der Waals surface area contributed by atoms with Crippen LogP contribution in [0.1, 0.15) is 77.6 Å². The molecule has 9 heteroatoms. The van der Waals surface area contributed by atoms with Gasteiger partial charge in [0.1, 0.15) is 31.5 Å². The van der Waals surface area contributed by atoms with Crippen LogP contribution in [0.5, 0.6) is 0 Å². The van der Waals surface area contributed by atoms with Crippen molar-refractivity contribution in [1.82, 2.24) is 0 Å². The zero-order valence-corrected chi connectivity index (χ0v) is 20.4. The molecule has 1 aliphatic heterocycles. The Balaban J connectivity index is 2.34. The van der Waals surface area contributed by atoms with Crippen molar-refractivity contribution in [1.29, 1.82) is 0 Å². The maximum atomic E-state index is 12.8. The number of aliphatic hydroxyl groups is 2. The molecule has 0 radical (unpaired) electrons. The highest BCUT2D eigenvalue weighted by Crippen LogP contribution is 2.20. The van der Waals surface area contributed by atoms with Crippen LogP contribution in [0.25, 0.3) is 0 Å². The molecule has 1 heterocycles. The molecular weight excluding hydrogens is 432 g/mol. The first-order valence-electron chi connectivity index (χ1n) is 12.0. The molecule has 0 aromatic heterocycles. The number of unbranched alkanes of at least 4 members (excludes halogenated alkanes) is 9. The average molecular weight is 476 g/mol. The predicted octanol–water partition coefficient (Wildman–Crippen LogP) is 2.89. The molecule has 8 nitrogen and oxygen atoms in total. The fourth-order valence-corrected chi connectivity index (χ4v) is 4.99. The maximum absolute atomic E-state index is 12.8. The first kappa shape index (κ1) is 28.9. The molecule has 1 aliphatic rings. The molecule has 2 unspecified atom stereocenters. The number of rotatable bonds is 19. The number of aliphatic hydroxyl groups excluding tert-OH is 2. The van der Waals surface area contributed by atoms with Gasteiger partial charge < -0.3 is 10.2 Å². The zero-order chi connectivity index (χ0) is 23.9. The van der Waals surface area contributed by atoms with Gasteiger partial charge in [-0.1, -0.05) is 57.1 Å². The van der Waals surface area contributed by atoms with Crippen molar-refractivity contribution in [3.63, 3.8) is 0 Å². The van der Waals surface area contributed by atoms with Crippen molar-refractivity contribution in [3.05, 3.63) is 12.2 Å². The summed E-state index contributed by atoms with van der Waals surface area (Å²) in [7, 11) is -4.33. The van der Waals surface area contributed by atoms with E-state index >= 15 is 0 Å². The van der Waals surface area contributed by atoms with Crippen LogP contribution in [0.2, 0.25) is 0 Å². The van der Waals surface area contributed by atoms with Crippen LogP contribution in [-0.4, -0.2) is 83.9 Å². The first-order chi connectivity index (χ1) is 15.2. The first-order valence-corrected chi connectivity index (χ1v) is 13.6. The van der Waals surface area contributed by atoms with Crippen molar-refractivity contribution in [2.75, 3.05) is 38.5 Å². The SMILES string of the molecule is C/C=C/CCCCCCCCCCCC(=O)C1=NCC[N+]1(CCO)CC(O)CS(=O)(=O)O. The molecule has 186 valence electrons. The third-order valence-corrected chi connectivity index (χ3v) is 6.80. The van der Waals surface area contributed by atoms with E-state index in [0.717, 1.165) is 19.3 Å². The lowest BCUT2D eigenvalue weighted by atomic mass is 10.0. The van der Waals surface area contributed by atoms with E-state index in [9.17, 15) is 23.4 Å². The Kier molecular flexibility index (Phi) is 14.1. The second kappa shape index (κ2) is 15.7. The van der Waals surface area contributed by atoms with Crippen molar-refractivity contribution in [3.8, 4) is 0 Å². The molecule has 0 amide bonds. The lowest BCUT2D eigenvalue weighted by Gasteiger charge is -2.34. The lowest BCUT2D eigenvalue weighted by molar-refractivity contribution is -0.837. The molecule has 0 bridgehead atoms. The van der Waals surface area contributed by atoms with Gasteiger partial charge in [-0.3, -0.25) is 13.8 Å². The van der Waals surface area contributed by atoms with E-state index in [2.05, 4.69) is 24.1 Å². The molecule has 0 aromatic rings. The second-order valence-corrected chi connectivity index (χ2v) is 10.3. The number of carbonyl (C=O) groups is 1. The van der Waals surface area contributed by atoms with E-state index in [1.165, 1.54) is 44.9 Å². The third kappa shape index (κ3) is 11.7. The fourth-order valence-electron chi connectivity index (χ4n) is 4.40. The van der Waals surface area contributed by atoms with Gasteiger partial charge in [-0.05, 0) is 26.2 Å². The molecule has 1 rings (SSSR count). The molecule has 0 saturated carbocycles. The van der Waals surface area contributed by atoms with E-state index in [1.807, 2.05) is 0 Å². The van der Waals surface area contributed by atoms with Crippen LogP contribution in [0.15, 0.2) is 17.1 Å². The number of aliphatic imine (C=N–C) groups is 1. The summed E-state index contributed by atoms with van der Waals surface area (Å²) >= 11 is 0. The van der Waals surface area contributed by atoms with Crippen LogP contribution in [-0.2, 0) is 14.9 Å². The standard InChI is InChI=1S/C23H42N2O6S/c1-2-3-4-5-6-7-8-9-10-11-12-13-14-22(28)23-24-15-16-25(23,17-18-26)19-21(27)20-32(29,30)31/h2-3,21,26-27H,4-20H2,1H3/p+1/b3-2+. The Morgan fingerprint density at radius 1 is 1.09 bits per heavy atom. The predicted molar refractivity (Wildman–Crippen MR) is 127 cm³/mol. The van der Waals surface area contributed by atoms with Gasteiger partial charge in [0, 0.05) is 6.42 Å². The van der Waals surface area contributed by atoms with Gasteiger partial charge in [-0.25, -0.2) is 4.99 Å².